The molecule has 124 valence electrons. The van der Waals surface area contributed by atoms with Gasteiger partial charge in [0.25, 0.3) is 0 Å². The topological polar surface area (TPSA) is 42.0 Å². The van der Waals surface area contributed by atoms with Crippen LogP contribution >= 0.6 is 11.3 Å². The largest absolute Gasteiger partial charge is 0.349 e. The molecule has 23 heavy (non-hydrogen) atoms. The lowest BCUT2D eigenvalue weighted by Gasteiger charge is -2.23. The number of benzene rings is 1. The van der Waals surface area contributed by atoms with Gasteiger partial charge in [-0.05, 0) is 30.4 Å². The summed E-state index contributed by atoms with van der Waals surface area (Å²) in [6.07, 6.45) is 2.60. The predicted molar refractivity (Wildman–Crippen MR) is 96.7 cm³/mol. The number of amides is 1. The van der Waals surface area contributed by atoms with Crippen molar-refractivity contribution in [2.75, 3.05) is 0 Å². The molecule has 1 heterocycles. The molecule has 1 N–H and O–H groups in total. The third-order valence-corrected chi connectivity index (χ3v) is 4.69. The van der Waals surface area contributed by atoms with Crippen molar-refractivity contribution < 1.29 is 4.79 Å². The molecule has 1 unspecified atom stereocenters. The number of carbonyl (C=O) groups is 1. The van der Waals surface area contributed by atoms with Gasteiger partial charge in [-0.1, -0.05) is 51.5 Å². The van der Waals surface area contributed by atoms with Crippen molar-refractivity contribution >= 4 is 17.2 Å². The lowest BCUT2D eigenvalue weighted by Crippen LogP contribution is -2.32. The summed E-state index contributed by atoms with van der Waals surface area (Å²) in [5, 5.41) is 6.12. The highest BCUT2D eigenvalue weighted by Crippen LogP contribution is 2.22. The van der Waals surface area contributed by atoms with Gasteiger partial charge in [-0.3, -0.25) is 4.79 Å². The molecule has 0 aliphatic rings. The minimum Gasteiger partial charge on any atom is -0.349 e. The Morgan fingerprint density at radius 1 is 1.26 bits per heavy atom. The number of hydrogen-bond acceptors (Lipinski definition) is 3. The zero-order chi connectivity index (χ0) is 16.8. The molecule has 1 aromatic carbocycles. The summed E-state index contributed by atoms with van der Waals surface area (Å²) in [4.78, 5) is 16.7. The average molecular weight is 330 g/mol. The highest BCUT2D eigenvalue weighted by molar-refractivity contribution is 7.09. The van der Waals surface area contributed by atoms with Gasteiger partial charge in [0.15, 0.2) is 0 Å². The Labute approximate surface area is 143 Å². The highest BCUT2D eigenvalue weighted by atomic mass is 32.1. The van der Waals surface area contributed by atoms with Gasteiger partial charge in [-0.15, -0.1) is 11.3 Å². The number of nitrogens with zero attached hydrogens (tertiary/aromatic N) is 1. The first-order valence-corrected chi connectivity index (χ1v) is 9.16. The van der Waals surface area contributed by atoms with E-state index < -0.39 is 0 Å². The van der Waals surface area contributed by atoms with Crippen LogP contribution < -0.4 is 5.32 Å². The van der Waals surface area contributed by atoms with Crippen LogP contribution in [0.5, 0.6) is 0 Å². The number of carbonyl (C=O) groups excluding carboxylic acids is 1. The fraction of sp³-hybridized carbons (Fsp3) is 0.474. The van der Waals surface area contributed by atoms with E-state index in [1.807, 2.05) is 12.3 Å². The second kappa shape index (κ2) is 8.25. The van der Waals surface area contributed by atoms with Gasteiger partial charge in [0.1, 0.15) is 0 Å². The molecule has 0 saturated heterocycles. The van der Waals surface area contributed by atoms with Gasteiger partial charge in [-0.2, -0.15) is 0 Å². The first-order chi connectivity index (χ1) is 11.0. The van der Waals surface area contributed by atoms with Crippen molar-refractivity contribution in [2.45, 2.75) is 53.0 Å². The van der Waals surface area contributed by atoms with E-state index in [1.165, 1.54) is 11.1 Å². The van der Waals surface area contributed by atoms with Gasteiger partial charge >= 0.3 is 0 Å². The molecule has 1 aromatic heterocycles. The highest BCUT2D eigenvalue weighted by Gasteiger charge is 2.19. The monoisotopic (exact) mass is 330 g/mol. The van der Waals surface area contributed by atoms with E-state index in [0.717, 1.165) is 23.5 Å². The van der Waals surface area contributed by atoms with Crippen molar-refractivity contribution in [2.24, 2.45) is 5.92 Å². The Balaban J connectivity index is 2.04. The maximum absolute atomic E-state index is 12.3. The van der Waals surface area contributed by atoms with Crippen LogP contribution in [0.1, 0.15) is 55.1 Å². The lowest BCUT2D eigenvalue weighted by atomic mass is 9.94. The van der Waals surface area contributed by atoms with Crippen molar-refractivity contribution in [1.29, 1.82) is 0 Å². The molecule has 3 nitrogen and oxygen atoms in total. The normalized spacial score (nSPS) is 12.4. The van der Waals surface area contributed by atoms with Crippen molar-refractivity contribution in [1.82, 2.24) is 10.3 Å². The standard InChI is InChI=1S/C19H26N2OS/c1-5-6-15-7-9-16(10-8-15)19(13(2)3)21-18(22)11-17-12-23-14(4)20-17/h7-10,12-13,19H,5-6,11H2,1-4H3,(H,21,22). The van der Waals surface area contributed by atoms with Crippen LogP contribution in [0.25, 0.3) is 0 Å². The van der Waals surface area contributed by atoms with Crippen LogP contribution in [-0.2, 0) is 17.6 Å². The van der Waals surface area contributed by atoms with E-state index in [0.29, 0.717) is 12.3 Å². The van der Waals surface area contributed by atoms with E-state index in [1.54, 1.807) is 11.3 Å². The molecular formula is C19H26N2OS. The van der Waals surface area contributed by atoms with Crippen molar-refractivity contribution in [3.05, 3.63) is 51.5 Å². The van der Waals surface area contributed by atoms with Gasteiger partial charge in [0, 0.05) is 5.38 Å². The van der Waals surface area contributed by atoms with Crippen LogP contribution in [0.2, 0.25) is 0 Å². The number of aromatic nitrogens is 1. The van der Waals surface area contributed by atoms with E-state index >= 15 is 0 Å². The molecule has 4 heteroatoms. The van der Waals surface area contributed by atoms with Gasteiger partial charge in [-0.25, -0.2) is 4.98 Å². The number of aryl methyl sites for hydroxylation is 2. The molecule has 0 spiro atoms. The molecule has 0 fully saturated rings. The quantitative estimate of drug-likeness (QED) is 0.814. The fourth-order valence-corrected chi connectivity index (χ4v) is 3.31. The van der Waals surface area contributed by atoms with Crippen LogP contribution in [0.15, 0.2) is 29.6 Å². The predicted octanol–water partition coefficient (Wildman–Crippen LogP) is 4.46. The third kappa shape index (κ3) is 5.17. The van der Waals surface area contributed by atoms with Gasteiger partial charge in [0.2, 0.25) is 5.91 Å². The van der Waals surface area contributed by atoms with Crippen LogP contribution in [0, 0.1) is 12.8 Å². The Hall–Kier alpha value is -1.68. The second-order valence-corrected chi connectivity index (χ2v) is 7.38. The van der Waals surface area contributed by atoms with Gasteiger partial charge < -0.3 is 5.32 Å². The number of nitrogens with one attached hydrogen (secondary N) is 1. The molecule has 2 rings (SSSR count). The van der Waals surface area contributed by atoms with Crippen LogP contribution in [-0.4, -0.2) is 10.9 Å². The van der Waals surface area contributed by atoms with Gasteiger partial charge in [0.05, 0.1) is 23.2 Å². The molecule has 0 bridgehead atoms. The zero-order valence-electron chi connectivity index (χ0n) is 14.4. The summed E-state index contributed by atoms with van der Waals surface area (Å²) in [6.45, 7) is 8.42. The first-order valence-electron chi connectivity index (χ1n) is 8.28. The summed E-state index contributed by atoms with van der Waals surface area (Å²) in [6, 6.07) is 8.66. The molecule has 2 aromatic rings. The fourth-order valence-electron chi connectivity index (χ4n) is 2.69. The second-order valence-electron chi connectivity index (χ2n) is 6.32. The van der Waals surface area contributed by atoms with Crippen molar-refractivity contribution in [3.8, 4) is 0 Å². The van der Waals surface area contributed by atoms with Crippen molar-refractivity contribution in [3.63, 3.8) is 0 Å². The maximum Gasteiger partial charge on any atom is 0.226 e. The Bertz CT molecular complexity index is 631. The zero-order valence-corrected chi connectivity index (χ0v) is 15.2. The molecule has 0 aliphatic carbocycles. The molecule has 0 radical (unpaired) electrons. The van der Waals surface area contributed by atoms with E-state index in [9.17, 15) is 4.79 Å². The smallest absolute Gasteiger partial charge is 0.226 e. The Kier molecular flexibility index (Phi) is 6.34. The molecule has 0 aliphatic heterocycles. The third-order valence-electron chi connectivity index (χ3n) is 3.87. The molecule has 1 amide bonds. The summed E-state index contributed by atoms with van der Waals surface area (Å²) in [5.74, 6) is 0.375. The molecule has 0 saturated carbocycles. The number of rotatable bonds is 7. The summed E-state index contributed by atoms with van der Waals surface area (Å²) >= 11 is 1.58. The Morgan fingerprint density at radius 3 is 2.48 bits per heavy atom. The summed E-state index contributed by atoms with van der Waals surface area (Å²) < 4.78 is 0. The SMILES string of the molecule is CCCc1ccc(C(NC(=O)Cc2csc(C)n2)C(C)C)cc1. The lowest BCUT2D eigenvalue weighted by molar-refractivity contribution is -0.121. The first kappa shape index (κ1) is 17.7. The molecule has 1 atom stereocenters. The van der Waals surface area contributed by atoms with E-state index in [4.69, 9.17) is 0 Å². The van der Waals surface area contributed by atoms with Crippen LogP contribution in [0.3, 0.4) is 0 Å². The van der Waals surface area contributed by atoms with E-state index in [-0.39, 0.29) is 11.9 Å². The maximum atomic E-state index is 12.3. The van der Waals surface area contributed by atoms with Crippen LogP contribution in [0.4, 0.5) is 0 Å². The number of thiazole rings is 1. The molecular weight excluding hydrogens is 304 g/mol. The minimum absolute atomic E-state index is 0.0339. The summed E-state index contributed by atoms with van der Waals surface area (Å²) in [5.41, 5.74) is 3.37. The average Bonchev–Trinajstić information content (AvgIpc) is 2.91. The Morgan fingerprint density at radius 2 is 1.96 bits per heavy atom. The number of hydrogen-bond donors (Lipinski definition) is 1. The minimum atomic E-state index is 0.0339. The van der Waals surface area contributed by atoms with E-state index in [2.05, 4.69) is 55.3 Å². The summed E-state index contributed by atoms with van der Waals surface area (Å²) in [7, 11) is 0.